The van der Waals surface area contributed by atoms with E-state index in [2.05, 4.69) is 26.6 Å². The van der Waals surface area contributed by atoms with Gasteiger partial charge in [0.2, 0.25) is 0 Å². The van der Waals surface area contributed by atoms with Crippen LogP contribution in [0.25, 0.3) is 0 Å². The van der Waals surface area contributed by atoms with Crippen molar-refractivity contribution in [1.29, 1.82) is 0 Å². The van der Waals surface area contributed by atoms with Crippen molar-refractivity contribution < 1.29 is 19.1 Å². The van der Waals surface area contributed by atoms with Crippen molar-refractivity contribution in [3.05, 3.63) is 33.3 Å². The maximum absolute atomic E-state index is 11.9. The van der Waals surface area contributed by atoms with Gasteiger partial charge in [0.15, 0.2) is 6.61 Å². The van der Waals surface area contributed by atoms with Crippen LogP contribution >= 0.6 is 27.5 Å². The summed E-state index contributed by atoms with van der Waals surface area (Å²) in [5.74, 6) is -1.42. The molecule has 0 atom stereocenters. The van der Waals surface area contributed by atoms with Gasteiger partial charge in [0.05, 0.1) is 10.6 Å². The Bertz CT molecular complexity index is 633. The monoisotopic (exact) mass is 416 g/mol. The van der Waals surface area contributed by atoms with E-state index in [1.165, 1.54) is 12.5 Å². The van der Waals surface area contributed by atoms with Crippen molar-refractivity contribution in [2.24, 2.45) is 0 Å². The van der Waals surface area contributed by atoms with Gasteiger partial charge in [-0.05, 0) is 31.0 Å². The van der Waals surface area contributed by atoms with Crippen LogP contribution in [0.3, 0.4) is 0 Å². The first-order valence-electron chi connectivity index (χ1n) is 7.68. The van der Waals surface area contributed by atoms with E-state index in [0.717, 1.165) is 25.7 Å². The average molecular weight is 418 g/mol. The SMILES string of the molecule is O=C(COC(=O)c1cc(Br)ccc1Cl)NC(=O)NC1CCCCC1. The summed E-state index contributed by atoms with van der Waals surface area (Å²) in [6, 6.07) is 4.25. The fraction of sp³-hybridized carbons (Fsp3) is 0.438. The second kappa shape index (κ2) is 9.03. The summed E-state index contributed by atoms with van der Waals surface area (Å²) in [5.41, 5.74) is 0.144. The van der Waals surface area contributed by atoms with E-state index in [9.17, 15) is 14.4 Å². The van der Waals surface area contributed by atoms with Crippen LogP contribution in [0.2, 0.25) is 5.02 Å². The first-order chi connectivity index (χ1) is 11.5. The summed E-state index contributed by atoms with van der Waals surface area (Å²) < 4.78 is 5.54. The Labute approximate surface area is 153 Å². The summed E-state index contributed by atoms with van der Waals surface area (Å²) in [7, 11) is 0. The average Bonchev–Trinajstić information content (AvgIpc) is 2.55. The molecule has 0 aliphatic heterocycles. The number of urea groups is 1. The summed E-state index contributed by atoms with van der Waals surface area (Å²) in [5, 5.41) is 5.12. The van der Waals surface area contributed by atoms with Crippen LogP contribution in [0, 0.1) is 0 Å². The third kappa shape index (κ3) is 5.79. The number of amides is 3. The third-order valence-corrected chi connectivity index (χ3v) is 4.50. The molecule has 0 spiro atoms. The predicted molar refractivity (Wildman–Crippen MR) is 93.0 cm³/mol. The lowest BCUT2D eigenvalue weighted by molar-refractivity contribution is -0.123. The molecule has 0 aromatic heterocycles. The Morgan fingerprint density at radius 1 is 1.21 bits per heavy atom. The van der Waals surface area contributed by atoms with Crippen LogP contribution in [0.15, 0.2) is 22.7 Å². The highest BCUT2D eigenvalue weighted by Crippen LogP contribution is 2.21. The zero-order valence-electron chi connectivity index (χ0n) is 12.9. The zero-order chi connectivity index (χ0) is 17.5. The number of benzene rings is 1. The highest BCUT2D eigenvalue weighted by atomic mass is 79.9. The normalized spacial score (nSPS) is 14.8. The Morgan fingerprint density at radius 2 is 1.92 bits per heavy atom. The Morgan fingerprint density at radius 3 is 2.62 bits per heavy atom. The lowest BCUT2D eigenvalue weighted by Gasteiger charge is -2.22. The number of carbonyl (C=O) groups excluding carboxylic acids is 3. The molecule has 1 aliphatic rings. The molecule has 1 fully saturated rings. The van der Waals surface area contributed by atoms with Crippen molar-refractivity contribution in [2.45, 2.75) is 38.1 Å². The molecule has 6 nitrogen and oxygen atoms in total. The van der Waals surface area contributed by atoms with E-state index < -0.39 is 24.5 Å². The summed E-state index contributed by atoms with van der Waals surface area (Å²) >= 11 is 9.14. The number of nitrogens with one attached hydrogen (secondary N) is 2. The number of hydrogen-bond donors (Lipinski definition) is 2. The van der Waals surface area contributed by atoms with Crippen LogP contribution in [-0.2, 0) is 9.53 Å². The number of imide groups is 1. The molecule has 2 rings (SSSR count). The van der Waals surface area contributed by atoms with Crippen LogP contribution in [0.1, 0.15) is 42.5 Å². The number of ether oxygens (including phenoxy) is 1. The minimum Gasteiger partial charge on any atom is -0.452 e. The fourth-order valence-electron chi connectivity index (χ4n) is 2.49. The van der Waals surface area contributed by atoms with E-state index in [1.807, 2.05) is 0 Å². The lowest BCUT2D eigenvalue weighted by atomic mass is 9.96. The largest absolute Gasteiger partial charge is 0.452 e. The van der Waals surface area contributed by atoms with Crippen LogP contribution in [0.5, 0.6) is 0 Å². The molecule has 1 aromatic rings. The molecular weight excluding hydrogens is 400 g/mol. The fourth-order valence-corrected chi connectivity index (χ4v) is 3.05. The van der Waals surface area contributed by atoms with E-state index >= 15 is 0 Å². The maximum atomic E-state index is 11.9. The first-order valence-corrected chi connectivity index (χ1v) is 8.85. The standard InChI is InChI=1S/C16H18BrClN2O4/c17-10-6-7-13(18)12(8-10)15(22)24-9-14(21)20-16(23)19-11-4-2-1-3-5-11/h6-8,11H,1-5,9H2,(H2,19,20,21,23). The molecule has 3 amide bonds. The number of hydrogen-bond acceptors (Lipinski definition) is 4. The van der Waals surface area contributed by atoms with Gasteiger partial charge in [-0.15, -0.1) is 0 Å². The Hall–Kier alpha value is -1.60. The molecule has 0 bridgehead atoms. The maximum Gasteiger partial charge on any atom is 0.340 e. The highest BCUT2D eigenvalue weighted by molar-refractivity contribution is 9.10. The van der Waals surface area contributed by atoms with E-state index in [0.29, 0.717) is 4.47 Å². The molecule has 24 heavy (non-hydrogen) atoms. The summed E-state index contributed by atoms with van der Waals surface area (Å²) in [4.78, 5) is 35.3. The number of halogens is 2. The van der Waals surface area contributed by atoms with E-state index in [-0.39, 0.29) is 16.6 Å². The third-order valence-electron chi connectivity index (χ3n) is 3.68. The van der Waals surface area contributed by atoms with Gasteiger partial charge in [-0.3, -0.25) is 10.1 Å². The topological polar surface area (TPSA) is 84.5 Å². The van der Waals surface area contributed by atoms with Crippen molar-refractivity contribution in [3.8, 4) is 0 Å². The van der Waals surface area contributed by atoms with Gasteiger partial charge >= 0.3 is 12.0 Å². The Kier molecular flexibility index (Phi) is 7.05. The van der Waals surface area contributed by atoms with Crippen LogP contribution in [-0.4, -0.2) is 30.6 Å². The molecule has 130 valence electrons. The van der Waals surface area contributed by atoms with E-state index in [1.54, 1.807) is 12.1 Å². The summed E-state index contributed by atoms with van der Waals surface area (Å²) in [6.07, 6.45) is 5.15. The van der Waals surface area contributed by atoms with Gasteiger partial charge in [-0.25, -0.2) is 9.59 Å². The number of rotatable bonds is 4. The highest BCUT2D eigenvalue weighted by Gasteiger charge is 2.18. The van der Waals surface area contributed by atoms with Crippen molar-refractivity contribution in [1.82, 2.24) is 10.6 Å². The van der Waals surface area contributed by atoms with Crippen molar-refractivity contribution in [2.75, 3.05) is 6.61 Å². The van der Waals surface area contributed by atoms with Crippen LogP contribution in [0.4, 0.5) is 4.79 Å². The second-order valence-corrected chi connectivity index (χ2v) is 6.88. The lowest BCUT2D eigenvalue weighted by Crippen LogP contribution is -2.46. The second-order valence-electron chi connectivity index (χ2n) is 5.56. The van der Waals surface area contributed by atoms with Gasteiger partial charge in [-0.1, -0.05) is 46.8 Å². The molecule has 0 radical (unpaired) electrons. The smallest absolute Gasteiger partial charge is 0.340 e. The Balaban J connectivity index is 1.76. The quantitative estimate of drug-likeness (QED) is 0.735. The number of esters is 1. The van der Waals surface area contributed by atoms with Gasteiger partial charge < -0.3 is 10.1 Å². The minimum absolute atomic E-state index is 0.0922. The molecule has 0 saturated heterocycles. The first kappa shape index (κ1) is 18.7. The molecule has 1 saturated carbocycles. The van der Waals surface area contributed by atoms with Gasteiger partial charge in [0, 0.05) is 10.5 Å². The molecule has 8 heteroatoms. The predicted octanol–water partition coefficient (Wildman–Crippen LogP) is 3.42. The van der Waals surface area contributed by atoms with E-state index in [4.69, 9.17) is 16.3 Å². The molecule has 1 aromatic carbocycles. The molecule has 0 unspecified atom stereocenters. The minimum atomic E-state index is -0.732. The molecule has 2 N–H and O–H groups in total. The zero-order valence-corrected chi connectivity index (χ0v) is 15.3. The van der Waals surface area contributed by atoms with Crippen LogP contribution < -0.4 is 10.6 Å². The molecule has 0 heterocycles. The summed E-state index contributed by atoms with van der Waals surface area (Å²) in [6.45, 7) is -0.556. The molecule has 1 aliphatic carbocycles. The number of carbonyl (C=O) groups is 3. The van der Waals surface area contributed by atoms with Gasteiger partial charge in [-0.2, -0.15) is 0 Å². The van der Waals surface area contributed by atoms with Gasteiger partial charge in [0.25, 0.3) is 5.91 Å². The van der Waals surface area contributed by atoms with Crippen molar-refractivity contribution >= 4 is 45.4 Å². The van der Waals surface area contributed by atoms with Crippen molar-refractivity contribution in [3.63, 3.8) is 0 Å². The molecular formula is C16H18BrClN2O4. The van der Waals surface area contributed by atoms with Gasteiger partial charge in [0.1, 0.15) is 0 Å².